The summed E-state index contributed by atoms with van der Waals surface area (Å²) >= 11 is 0. The fourth-order valence-corrected chi connectivity index (χ4v) is 2.68. The summed E-state index contributed by atoms with van der Waals surface area (Å²) in [5, 5.41) is 13.2. The normalized spacial score (nSPS) is 26.5. The average Bonchev–Trinajstić information content (AvgIpc) is 3.13. The van der Waals surface area contributed by atoms with Gasteiger partial charge in [0, 0.05) is 11.6 Å². The zero-order chi connectivity index (χ0) is 12.1. The van der Waals surface area contributed by atoms with Crippen LogP contribution in [0, 0.1) is 0 Å². The van der Waals surface area contributed by atoms with E-state index in [1.165, 1.54) is 51.6 Å². The van der Waals surface area contributed by atoms with Crippen molar-refractivity contribution < 1.29 is 5.11 Å². The van der Waals surface area contributed by atoms with E-state index in [9.17, 15) is 5.11 Å². The number of aliphatic hydroxyl groups is 1. The molecule has 1 heterocycles. The molecular weight excluding hydrogens is 212 g/mol. The molecule has 1 atom stereocenters. The van der Waals surface area contributed by atoms with Crippen LogP contribution in [0.15, 0.2) is 0 Å². The van der Waals surface area contributed by atoms with Crippen molar-refractivity contribution in [2.75, 3.05) is 26.2 Å². The summed E-state index contributed by atoms with van der Waals surface area (Å²) in [7, 11) is 0. The van der Waals surface area contributed by atoms with Crippen molar-refractivity contribution in [1.82, 2.24) is 10.2 Å². The molecule has 0 bridgehead atoms. The first-order valence-electron chi connectivity index (χ1n) is 7.33. The smallest absolute Gasteiger partial charge is 0.0611 e. The van der Waals surface area contributed by atoms with E-state index in [-0.39, 0.29) is 12.1 Å². The minimum atomic E-state index is -0.0620. The molecule has 1 saturated heterocycles. The predicted molar refractivity (Wildman–Crippen MR) is 71.2 cm³/mol. The van der Waals surface area contributed by atoms with Crippen molar-refractivity contribution in [3.8, 4) is 0 Å². The highest BCUT2D eigenvalue weighted by atomic mass is 16.3. The van der Waals surface area contributed by atoms with Gasteiger partial charge in [-0.15, -0.1) is 0 Å². The quantitative estimate of drug-likeness (QED) is 0.742. The number of nitrogens with one attached hydrogen (secondary N) is 1. The van der Waals surface area contributed by atoms with Gasteiger partial charge in [-0.1, -0.05) is 12.8 Å². The van der Waals surface area contributed by atoms with Crippen molar-refractivity contribution in [1.29, 1.82) is 0 Å². The highest BCUT2D eigenvalue weighted by Crippen LogP contribution is 2.24. The van der Waals surface area contributed by atoms with E-state index in [1.54, 1.807) is 0 Å². The second-order valence-corrected chi connectivity index (χ2v) is 6.14. The zero-order valence-electron chi connectivity index (χ0n) is 11.2. The van der Waals surface area contributed by atoms with Gasteiger partial charge in [-0.05, 0) is 58.7 Å². The number of likely N-dealkylation sites (tertiary alicyclic amines) is 1. The van der Waals surface area contributed by atoms with Crippen LogP contribution in [0.3, 0.4) is 0 Å². The number of hydrogen-bond acceptors (Lipinski definition) is 3. The van der Waals surface area contributed by atoms with Crippen LogP contribution in [0.25, 0.3) is 0 Å². The van der Waals surface area contributed by atoms with Crippen LogP contribution in [0.5, 0.6) is 0 Å². The Bertz CT molecular complexity index is 222. The van der Waals surface area contributed by atoms with Gasteiger partial charge < -0.3 is 15.3 Å². The van der Waals surface area contributed by atoms with Crippen LogP contribution >= 0.6 is 0 Å². The van der Waals surface area contributed by atoms with Gasteiger partial charge in [0.05, 0.1) is 6.61 Å². The highest BCUT2D eigenvalue weighted by molar-refractivity contribution is 4.92. The fraction of sp³-hybridized carbons (Fsp3) is 1.00. The lowest BCUT2D eigenvalue weighted by atomic mass is 9.98. The minimum Gasteiger partial charge on any atom is -0.394 e. The van der Waals surface area contributed by atoms with Crippen molar-refractivity contribution in [2.45, 2.75) is 63.5 Å². The summed E-state index contributed by atoms with van der Waals surface area (Å²) < 4.78 is 0. The van der Waals surface area contributed by atoms with Gasteiger partial charge in [0.2, 0.25) is 0 Å². The second-order valence-electron chi connectivity index (χ2n) is 6.14. The molecule has 2 rings (SSSR count). The van der Waals surface area contributed by atoms with Crippen LogP contribution in [0.1, 0.15) is 51.9 Å². The van der Waals surface area contributed by atoms with E-state index < -0.39 is 0 Å². The van der Waals surface area contributed by atoms with Gasteiger partial charge in [0.15, 0.2) is 0 Å². The maximum atomic E-state index is 9.57. The monoisotopic (exact) mass is 240 g/mol. The molecule has 100 valence electrons. The summed E-state index contributed by atoms with van der Waals surface area (Å²) in [6.07, 6.45) is 9.15. The molecule has 17 heavy (non-hydrogen) atoms. The molecule has 0 aromatic rings. The predicted octanol–water partition coefficient (Wildman–Crippen LogP) is 1.76. The fourth-order valence-electron chi connectivity index (χ4n) is 2.68. The number of nitrogens with zero attached hydrogens (tertiary/aromatic N) is 1. The average molecular weight is 240 g/mol. The van der Waals surface area contributed by atoms with Crippen LogP contribution < -0.4 is 5.32 Å². The Labute approximate surface area is 106 Å². The Morgan fingerprint density at radius 2 is 1.82 bits per heavy atom. The molecule has 3 nitrogen and oxygen atoms in total. The van der Waals surface area contributed by atoms with Gasteiger partial charge in [-0.3, -0.25) is 0 Å². The standard InChI is InChI=1S/C14H28N2O/c1-14(12-17,15-13-6-7-13)8-11-16-9-4-2-3-5-10-16/h13,15,17H,2-12H2,1H3. The third-order valence-corrected chi connectivity index (χ3v) is 4.16. The molecule has 0 aromatic carbocycles. The van der Waals surface area contributed by atoms with Gasteiger partial charge in [-0.2, -0.15) is 0 Å². The molecule has 0 radical (unpaired) electrons. The van der Waals surface area contributed by atoms with E-state index in [1.807, 2.05) is 0 Å². The first-order chi connectivity index (χ1) is 8.22. The Balaban J connectivity index is 1.73. The molecule has 1 saturated carbocycles. The van der Waals surface area contributed by atoms with Crippen LogP contribution in [-0.2, 0) is 0 Å². The third-order valence-electron chi connectivity index (χ3n) is 4.16. The topological polar surface area (TPSA) is 35.5 Å². The molecular formula is C14H28N2O. The third kappa shape index (κ3) is 4.57. The Kier molecular flexibility index (Phi) is 4.83. The Hall–Kier alpha value is -0.120. The maximum absolute atomic E-state index is 9.57. The van der Waals surface area contributed by atoms with Crippen molar-refractivity contribution >= 4 is 0 Å². The molecule has 1 unspecified atom stereocenters. The largest absolute Gasteiger partial charge is 0.394 e. The lowest BCUT2D eigenvalue weighted by Crippen LogP contribution is -2.49. The van der Waals surface area contributed by atoms with Crippen LogP contribution in [0.2, 0.25) is 0 Å². The number of hydrogen-bond donors (Lipinski definition) is 2. The van der Waals surface area contributed by atoms with Gasteiger partial charge in [0.25, 0.3) is 0 Å². The molecule has 0 aromatic heterocycles. The second kappa shape index (κ2) is 6.17. The Morgan fingerprint density at radius 1 is 1.18 bits per heavy atom. The summed E-state index contributed by atoms with van der Waals surface area (Å²) in [6, 6.07) is 0.677. The zero-order valence-corrected chi connectivity index (χ0v) is 11.2. The van der Waals surface area contributed by atoms with E-state index in [2.05, 4.69) is 17.1 Å². The van der Waals surface area contributed by atoms with Gasteiger partial charge >= 0.3 is 0 Å². The molecule has 2 aliphatic rings. The van der Waals surface area contributed by atoms with Crippen molar-refractivity contribution in [3.05, 3.63) is 0 Å². The number of aliphatic hydroxyl groups excluding tert-OH is 1. The Morgan fingerprint density at radius 3 is 2.35 bits per heavy atom. The first-order valence-corrected chi connectivity index (χ1v) is 7.33. The molecule has 2 N–H and O–H groups in total. The van der Waals surface area contributed by atoms with Gasteiger partial charge in [0.1, 0.15) is 0 Å². The van der Waals surface area contributed by atoms with E-state index >= 15 is 0 Å². The van der Waals surface area contributed by atoms with E-state index in [4.69, 9.17) is 0 Å². The molecule has 2 fully saturated rings. The lowest BCUT2D eigenvalue weighted by molar-refractivity contribution is 0.144. The van der Waals surface area contributed by atoms with E-state index in [0.29, 0.717) is 6.04 Å². The van der Waals surface area contributed by atoms with Crippen molar-refractivity contribution in [3.63, 3.8) is 0 Å². The molecule has 0 amide bonds. The molecule has 1 aliphatic carbocycles. The minimum absolute atomic E-state index is 0.0620. The van der Waals surface area contributed by atoms with Crippen LogP contribution in [-0.4, -0.2) is 47.8 Å². The summed E-state index contributed by atoms with van der Waals surface area (Å²) in [5.41, 5.74) is -0.0620. The molecule has 1 aliphatic heterocycles. The molecule has 3 heteroatoms. The lowest BCUT2D eigenvalue weighted by Gasteiger charge is -2.32. The van der Waals surface area contributed by atoms with Gasteiger partial charge in [-0.25, -0.2) is 0 Å². The maximum Gasteiger partial charge on any atom is 0.0611 e. The first kappa shape index (κ1) is 13.3. The molecule has 0 spiro atoms. The summed E-state index contributed by atoms with van der Waals surface area (Å²) in [6.45, 7) is 6.08. The number of rotatable bonds is 6. The SMILES string of the molecule is CC(CO)(CCN1CCCCCC1)NC1CC1. The highest BCUT2D eigenvalue weighted by Gasteiger charge is 2.32. The van der Waals surface area contributed by atoms with Crippen molar-refractivity contribution in [2.24, 2.45) is 0 Å². The summed E-state index contributed by atoms with van der Waals surface area (Å²) in [5.74, 6) is 0. The van der Waals surface area contributed by atoms with Crippen LogP contribution in [0.4, 0.5) is 0 Å². The summed E-state index contributed by atoms with van der Waals surface area (Å²) in [4.78, 5) is 2.58. The van der Waals surface area contributed by atoms with E-state index in [0.717, 1.165) is 13.0 Å².